The zero-order valence-corrected chi connectivity index (χ0v) is 18.2. The third-order valence-electron chi connectivity index (χ3n) is 4.89. The van der Waals surface area contributed by atoms with Crippen molar-refractivity contribution in [2.75, 3.05) is 27.2 Å². The lowest BCUT2D eigenvalue weighted by Crippen LogP contribution is -2.41. The number of nitrogens with zero attached hydrogens (tertiary/aromatic N) is 3. The van der Waals surface area contributed by atoms with Crippen LogP contribution in [0.3, 0.4) is 0 Å². The number of nitrogens with one attached hydrogen (secondary N) is 2. The number of aryl methyl sites for hydroxylation is 3. The summed E-state index contributed by atoms with van der Waals surface area (Å²) in [7, 11) is 4.21. The van der Waals surface area contributed by atoms with Crippen LogP contribution in [-0.4, -0.2) is 43.2 Å². The maximum Gasteiger partial charge on any atom is 0.191 e. The minimum atomic E-state index is 0.262. The molecule has 154 valence electrons. The first kappa shape index (κ1) is 22.0. The molecule has 28 heavy (non-hydrogen) atoms. The fraction of sp³-hybridized carbons (Fsp3) is 0.545. The maximum atomic E-state index is 5.46. The van der Waals surface area contributed by atoms with E-state index in [2.05, 4.69) is 86.7 Å². The summed E-state index contributed by atoms with van der Waals surface area (Å²) < 4.78 is 5.46. The van der Waals surface area contributed by atoms with E-state index in [4.69, 9.17) is 9.52 Å². The van der Waals surface area contributed by atoms with Gasteiger partial charge >= 0.3 is 0 Å². The monoisotopic (exact) mass is 385 g/mol. The summed E-state index contributed by atoms with van der Waals surface area (Å²) in [5.41, 5.74) is 4.68. The zero-order valence-electron chi connectivity index (χ0n) is 18.2. The lowest BCUT2D eigenvalue weighted by molar-refractivity contribution is 0.298. The molecule has 0 spiro atoms. The largest absolute Gasteiger partial charge is 0.361 e. The lowest BCUT2D eigenvalue weighted by atomic mass is 10.0. The number of aliphatic imine (C=N–C) groups is 1. The summed E-state index contributed by atoms with van der Waals surface area (Å²) in [5.74, 6) is 1.74. The van der Waals surface area contributed by atoms with Crippen molar-refractivity contribution in [1.82, 2.24) is 20.7 Å². The Labute approximate surface area is 169 Å². The number of aromatic nitrogens is 1. The van der Waals surface area contributed by atoms with Gasteiger partial charge in [-0.05, 0) is 39.9 Å². The third-order valence-corrected chi connectivity index (χ3v) is 4.89. The smallest absolute Gasteiger partial charge is 0.191 e. The van der Waals surface area contributed by atoms with Crippen molar-refractivity contribution in [1.29, 1.82) is 0 Å². The molecule has 1 unspecified atom stereocenters. The van der Waals surface area contributed by atoms with Crippen molar-refractivity contribution in [2.45, 2.75) is 53.1 Å². The van der Waals surface area contributed by atoms with Gasteiger partial charge in [-0.15, -0.1) is 0 Å². The second-order valence-electron chi connectivity index (χ2n) is 7.20. The number of hydrogen-bond donors (Lipinski definition) is 2. The third kappa shape index (κ3) is 5.83. The predicted octanol–water partition coefficient (Wildman–Crippen LogP) is 3.47. The van der Waals surface area contributed by atoms with Gasteiger partial charge in [-0.3, -0.25) is 0 Å². The van der Waals surface area contributed by atoms with E-state index in [0.717, 1.165) is 48.9 Å². The molecule has 1 aromatic carbocycles. The van der Waals surface area contributed by atoms with Gasteiger partial charge < -0.3 is 20.1 Å². The Balaban J connectivity index is 2.11. The Morgan fingerprint density at radius 3 is 2.39 bits per heavy atom. The van der Waals surface area contributed by atoms with Crippen LogP contribution in [0, 0.1) is 6.92 Å². The van der Waals surface area contributed by atoms with Crippen LogP contribution in [0.25, 0.3) is 0 Å². The molecule has 1 heterocycles. The van der Waals surface area contributed by atoms with Gasteiger partial charge in [0.25, 0.3) is 0 Å². The van der Waals surface area contributed by atoms with Gasteiger partial charge in [0, 0.05) is 25.1 Å². The van der Waals surface area contributed by atoms with Gasteiger partial charge in [0.05, 0.1) is 18.3 Å². The van der Waals surface area contributed by atoms with Crippen LogP contribution >= 0.6 is 0 Å². The first-order valence-corrected chi connectivity index (χ1v) is 10.2. The first-order chi connectivity index (χ1) is 13.5. The highest BCUT2D eigenvalue weighted by molar-refractivity contribution is 5.79. The molecule has 0 aliphatic carbocycles. The van der Waals surface area contributed by atoms with E-state index in [1.807, 2.05) is 0 Å². The van der Waals surface area contributed by atoms with E-state index in [0.29, 0.717) is 6.54 Å². The van der Waals surface area contributed by atoms with Crippen molar-refractivity contribution in [3.05, 3.63) is 52.4 Å². The molecule has 0 saturated carbocycles. The van der Waals surface area contributed by atoms with E-state index in [9.17, 15) is 0 Å². The van der Waals surface area contributed by atoms with E-state index < -0.39 is 0 Å². The van der Waals surface area contributed by atoms with E-state index >= 15 is 0 Å². The van der Waals surface area contributed by atoms with Crippen molar-refractivity contribution in [3.8, 4) is 0 Å². The highest BCUT2D eigenvalue weighted by Crippen LogP contribution is 2.19. The summed E-state index contributed by atoms with van der Waals surface area (Å²) in [6.45, 7) is 10.5. The minimum absolute atomic E-state index is 0.262. The fourth-order valence-corrected chi connectivity index (χ4v) is 3.20. The molecule has 6 nitrogen and oxygen atoms in total. The lowest BCUT2D eigenvalue weighted by Gasteiger charge is -2.26. The Bertz CT molecular complexity index is 727. The summed E-state index contributed by atoms with van der Waals surface area (Å²) in [6.07, 6.45) is 1.69. The molecular formula is C22H35N5O. The van der Waals surface area contributed by atoms with Crippen molar-refractivity contribution in [2.24, 2.45) is 4.99 Å². The molecule has 2 aromatic rings. The van der Waals surface area contributed by atoms with Crippen molar-refractivity contribution < 1.29 is 4.52 Å². The van der Waals surface area contributed by atoms with Crippen LogP contribution in [0.1, 0.15) is 55.0 Å². The van der Waals surface area contributed by atoms with Crippen LogP contribution in [0.4, 0.5) is 0 Å². The molecule has 2 rings (SSSR count). The van der Waals surface area contributed by atoms with Gasteiger partial charge in [0.1, 0.15) is 5.76 Å². The second-order valence-corrected chi connectivity index (χ2v) is 7.20. The Hall–Kier alpha value is -2.34. The normalized spacial score (nSPS) is 13.0. The summed E-state index contributed by atoms with van der Waals surface area (Å²) in [5, 5.41) is 11.0. The first-order valence-electron chi connectivity index (χ1n) is 10.2. The van der Waals surface area contributed by atoms with Crippen molar-refractivity contribution >= 4 is 5.96 Å². The van der Waals surface area contributed by atoms with Crippen LogP contribution in [0.5, 0.6) is 0 Å². The van der Waals surface area contributed by atoms with Gasteiger partial charge in [-0.25, -0.2) is 4.99 Å². The van der Waals surface area contributed by atoms with Crippen LogP contribution < -0.4 is 10.6 Å². The standard InChI is InChI=1S/C22H35N5O/c1-7-19-18(21(8-2)28-26-19)14-24-22(23-9-3)25-15-20(27(5)6)17-12-10-16(4)11-13-17/h10-13,20H,7-9,14-15H2,1-6H3,(H2,23,24,25). The molecule has 1 atom stereocenters. The van der Waals surface area contributed by atoms with Gasteiger partial charge in [-0.2, -0.15) is 0 Å². The highest BCUT2D eigenvalue weighted by atomic mass is 16.5. The van der Waals surface area contributed by atoms with Gasteiger partial charge in [-0.1, -0.05) is 48.8 Å². The summed E-state index contributed by atoms with van der Waals surface area (Å²) >= 11 is 0. The SMILES string of the molecule is CCNC(=NCc1c(CC)noc1CC)NCC(c1ccc(C)cc1)N(C)C. The number of guanidine groups is 1. The molecule has 0 fully saturated rings. The van der Waals surface area contributed by atoms with Crippen LogP contribution in [-0.2, 0) is 19.4 Å². The fourth-order valence-electron chi connectivity index (χ4n) is 3.20. The van der Waals surface area contributed by atoms with Gasteiger partial charge in [0.15, 0.2) is 5.96 Å². The van der Waals surface area contributed by atoms with Crippen molar-refractivity contribution in [3.63, 3.8) is 0 Å². The van der Waals surface area contributed by atoms with Crippen LogP contribution in [0.15, 0.2) is 33.8 Å². The molecule has 1 aromatic heterocycles. The average Bonchev–Trinajstić information content (AvgIpc) is 3.09. The number of likely N-dealkylation sites (N-methyl/N-ethyl adjacent to an activating group) is 1. The Morgan fingerprint density at radius 2 is 1.82 bits per heavy atom. The summed E-state index contributed by atoms with van der Waals surface area (Å²) in [6, 6.07) is 8.98. The number of hydrogen-bond acceptors (Lipinski definition) is 4. The molecule has 0 aliphatic heterocycles. The molecule has 0 amide bonds. The summed E-state index contributed by atoms with van der Waals surface area (Å²) in [4.78, 5) is 7.02. The van der Waals surface area contributed by atoms with E-state index in [1.54, 1.807) is 0 Å². The molecule has 0 aliphatic rings. The quantitative estimate of drug-likeness (QED) is 0.511. The van der Waals surface area contributed by atoms with E-state index in [-0.39, 0.29) is 6.04 Å². The molecule has 0 bridgehead atoms. The Morgan fingerprint density at radius 1 is 1.11 bits per heavy atom. The average molecular weight is 386 g/mol. The van der Waals surface area contributed by atoms with E-state index in [1.165, 1.54) is 11.1 Å². The minimum Gasteiger partial charge on any atom is -0.361 e. The number of benzene rings is 1. The molecule has 2 N–H and O–H groups in total. The zero-order chi connectivity index (χ0) is 20.5. The second kappa shape index (κ2) is 10.9. The van der Waals surface area contributed by atoms with Gasteiger partial charge in [0.2, 0.25) is 0 Å². The molecular weight excluding hydrogens is 350 g/mol. The predicted molar refractivity (Wildman–Crippen MR) is 116 cm³/mol. The number of rotatable bonds is 9. The topological polar surface area (TPSA) is 65.7 Å². The molecule has 6 heteroatoms. The molecule has 0 radical (unpaired) electrons. The molecule has 0 saturated heterocycles. The van der Waals surface area contributed by atoms with Crippen LogP contribution in [0.2, 0.25) is 0 Å². The maximum absolute atomic E-state index is 5.46. The highest BCUT2D eigenvalue weighted by Gasteiger charge is 2.16. The Kier molecular flexibility index (Phi) is 8.51.